The molecule has 2 rings (SSSR count). The number of hydrogen-bond acceptors (Lipinski definition) is 4. The highest BCUT2D eigenvalue weighted by molar-refractivity contribution is 5.87. The van der Waals surface area contributed by atoms with Gasteiger partial charge in [-0.25, -0.2) is 4.79 Å². The summed E-state index contributed by atoms with van der Waals surface area (Å²) in [7, 11) is 1.69. The number of aliphatic hydroxyl groups is 1. The van der Waals surface area contributed by atoms with Crippen molar-refractivity contribution in [1.29, 1.82) is 0 Å². The summed E-state index contributed by atoms with van der Waals surface area (Å²) >= 11 is 0. The molecule has 1 aromatic rings. The maximum absolute atomic E-state index is 10.9. The number of ether oxygens (including phenoxy) is 1. The van der Waals surface area contributed by atoms with E-state index in [1.807, 2.05) is 12.1 Å². The molecule has 122 valence electrons. The predicted molar refractivity (Wildman–Crippen MR) is 83.9 cm³/mol. The first-order valence-electron chi connectivity index (χ1n) is 7.73. The monoisotopic (exact) mass is 307 g/mol. The molecule has 2 N–H and O–H groups in total. The second-order valence-corrected chi connectivity index (χ2v) is 6.22. The van der Waals surface area contributed by atoms with Crippen molar-refractivity contribution >= 4 is 5.97 Å². The first kappa shape index (κ1) is 16.9. The van der Waals surface area contributed by atoms with E-state index in [0.717, 1.165) is 44.5 Å². The number of methoxy groups -OCH3 is 1. The van der Waals surface area contributed by atoms with E-state index in [9.17, 15) is 9.90 Å². The number of aliphatic hydroxyl groups excluding tert-OH is 1. The highest BCUT2D eigenvalue weighted by Gasteiger charge is 2.34. The molecule has 1 saturated heterocycles. The molecule has 0 saturated carbocycles. The van der Waals surface area contributed by atoms with Gasteiger partial charge in [0, 0.05) is 32.2 Å². The van der Waals surface area contributed by atoms with E-state index in [1.165, 1.54) is 0 Å². The van der Waals surface area contributed by atoms with Crippen LogP contribution in [0.25, 0.3) is 0 Å². The third kappa shape index (κ3) is 4.29. The molecule has 1 aliphatic heterocycles. The largest absolute Gasteiger partial charge is 0.478 e. The average Bonchev–Trinajstić information content (AvgIpc) is 2.54. The van der Waals surface area contributed by atoms with Crippen LogP contribution in [-0.2, 0) is 11.3 Å². The Kier molecular flexibility index (Phi) is 5.94. The summed E-state index contributed by atoms with van der Waals surface area (Å²) in [6, 6.07) is 7.03. The van der Waals surface area contributed by atoms with E-state index in [2.05, 4.69) is 4.90 Å². The van der Waals surface area contributed by atoms with Crippen LogP contribution < -0.4 is 0 Å². The van der Waals surface area contributed by atoms with Crippen molar-refractivity contribution in [2.24, 2.45) is 5.41 Å². The third-order valence-electron chi connectivity index (χ3n) is 4.52. The van der Waals surface area contributed by atoms with Crippen molar-refractivity contribution in [3.8, 4) is 0 Å². The van der Waals surface area contributed by atoms with Gasteiger partial charge in [0.1, 0.15) is 0 Å². The fourth-order valence-electron chi connectivity index (χ4n) is 3.19. The number of nitrogens with zero attached hydrogens (tertiary/aromatic N) is 1. The summed E-state index contributed by atoms with van der Waals surface area (Å²) in [4.78, 5) is 13.2. The van der Waals surface area contributed by atoms with Gasteiger partial charge in [0.25, 0.3) is 0 Å². The molecule has 1 atom stereocenters. The Labute approximate surface area is 131 Å². The van der Waals surface area contributed by atoms with Crippen LogP contribution in [0.4, 0.5) is 0 Å². The molecular formula is C17H25NO4. The maximum Gasteiger partial charge on any atom is 0.335 e. The topological polar surface area (TPSA) is 70.0 Å². The Morgan fingerprint density at radius 2 is 2.09 bits per heavy atom. The molecule has 1 fully saturated rings. The van der Waals surface area contributed by atoms with Crippen molar-refractivity contribution in [2.75, 3.05) is 33.4 Å². The lowest BCUT2D eigenvalue weighted by atomic mass is 9.78. The van der Waals surface area contributed by atoms with Crippen LogP contribution in [0.3, 0.4) is 0 Å². The first-order chi connectivity index (χ1) is 10.6. The molecule has 1 unspecified atom stereocenters. The third-order valence-corrected chi connectivity index (χ3v) is 4.52. The molecule has 1 aliphatic rings. The Hall–Kier alpha value is -1.43. The smallest absolute Gasteiger partial charge is 0.335 e. The lowest BCUT2D eigenvalue weighted by molar-refractivity contribution is 0.00476. The molecular weight excluding hydrogens is 282 g/mol. The average molecular weight is 307 g/mol. The summed E-state index contributed by atoms with van der Waals surface area (Å²) in [5.74, 6) is -0.900. The number of hydrogen-bond donors (Lipinski definition) is 2. The molecule has 0 amide bonds. The molecule has 0 aliphatic carbocycles. The molecule has 0 bridgehead atoms. The Bertz CT molecular complexity index is 488. The number of rotatable bonds is 7. The number of benzene rings is 1. The molecule has 5 nitrogen and oxygen atoms in total. The number of aromatic carboxylic acids is 1. The van der Waals surface area contributed by atoms with E-state index in [1.54, 1.807) is 19.2 Å². The highest BCUT2D eigenvalue weighted by Crippen LogP contribution is 2.33. The van der Waals surface area contributed by atoms with Gasteiger partial charge in [-0.2, -0.15) is 0 Å². The summed E-state index contributed by atoms with van der Waals surface area (Å²) in [5.41, 5.74) is 1.34. The van der Waals surface area contributed by atoms with Crippen LogP contribution in [0.1, 0.15) is 35.2 Å². The number of carboxylic acids is 1. The minimum absolute atomic E-state index is 0.0741. The van der Waals surface area contributed by atoms with Crippen LogP contribution in [0.2, 0.25) is 0 Å². The summed E-state index contributed by atoms with van der Waals surface area (Å²) in [6.07, 6.45) is 2.97. The number of carboxylic acid groups (broad SMARTS) is 1. The van der Waals surface area contributed by atoms with Crippen LogP contribution in [0.5, 0.6) is 0 Å². The highest BCUT2D eigenvalue weighted by atomic mass is 16.5. The van der Waals surface area contributed by atoms with E-state index in [0.29, 0.717) is 12.2 Å². The van der Waals surface area contributed by atoms with Gasteiger partial charge in [-0.15, -0.1) is 0 Å². The van der Waals surface area contributed by atoms with E-state index >= 15 is 0 Å². The molecule has 1 heterocycles. The normalized spacial score (nSPS) is 22.6. The standard InChI is InChI=1S/C17H25NO4/c1-22-10-8-17(13-19)7-2-9-18(12-17)11-14-3-5-15(6-4-14)16(20)21/h3-6,19H,2,7-13H2,1H3,(H,20,21). The zero-order chi connectivity index (χ0) is 16.0. The minimum Gasteiger partial charge on any atom is -0.478 e. The van der Waals surface area contributed by atoms with Crippen molar-refractivity contribution in [3.05, 3.63) is 35.4 Å². The van der Waals surface area contributed by atoms with Gasteiger partial charge in [0.05, 0.1) is 12.2 Å². The fraction of sp³-hybridized carbons (Fsp3) is 0.588. The first-order valence-corrected chi connectivity index (χ1v) is 7.73. The van der Waals surface area contributed by atoms with Crippen LogP contribution in [0.15, 0.2) is 24.3 Å². The van der Waals surface area contributed by atoms with Gasteiger partial charge in [-0.1, -0.05) is 12.1 Å². The molecule has 0 spiro atoms. The second-order valence-electron chi connectivity index (χ2n) is 6.22. The van der Waals surface area contributed by atoms with Gasteiger partial charge in [0.2, 0.25) is 0 Å². The second kappa shape index (κ2) is 7.72. The SMILES string of the molecule is COCCC1(CO)CCCN(Cc2ccc(C(=O)O)cc2)C1. The minimum atomic E-state index is -0.900. The van der Waals surface area contributed by atoms with Crippen LogP contribution in [-0.4, -0.2) is 54.5 Å². The fourth-order valence-corrected chi connectivity index (χ4v) is 3.19. The van der Waals surface area contributed by atoms with E-state index in [4.69, 9.17) is 9.84 Å². The Morgan fingerprint density at radius 3 is 2.68 bits per heavy atom. The Morgan fingerprint density at radius 1 is 1.36 bits per heavy atom. The Balaban J connectivity index is 1.98. The van der Waals surface area contributed by atoms with Crippen molar-refractivity contribution in [1.82, 2.24) is 4.90 Å². The van der Waals surface area contributed by atoms with Gasteiger partial charge in [0.15, 0.2) is 0 Å². The molecule has 5 heteroatoms. The maximum atomic E-state index is 10.9. The van der Waals surface area contributed by atoms with Gasteiger partial charge in [-0.3, -0.25) is 4.90 Å². The van der Waals surface area contributed by atoms with Crippen LogP contribution >= 0.6 is 0 Å². The number of likely N-dealkylation sites (tertiary alicyclic amines) is 1. The van der Waals surface area contributed by atoms with Gasteiger partial charge < -0.3 is 14.9 Å². The van der Waals surface area contributed by atoms with Crippen molar-refractivity contribution in [2.45, 2.75) is 25.8 Å². The predicted octanol–water partition coefficient (Wildman–Crippen LogP) is 2.00. The van der Waals surface area contributed by atoms with Crippen molar-refractivity contribution < 1.29 is 19.7 Å². The van der Waals surface area contributed by atoms with Crippen LogP contribution in [0, 0.1) is 5.41 Å². The lowest BCUT2D eigenvalue weighted by Gasteiger charge is -2.42. The zero-order valence-electron chi connectivity index (χ0n) is 13.1. The van der Waals surface area contributed by atoms with Crippen molar-refractivity contribution in [3.63, 3.8) is 0 Å². The molecule has 0 radical (unpaired) electrons. The quantitative estimate of drug-likeness (QED) is 0.806. The molecule has 22 heavy (non-hydrogen) atoms. The summed E-state index contributed by atoms with van der Waals surface area (Å²) < 4.78 is 5.18. The number of piperidine rings is 1. The van der Waals surface area contributed by atoms with E-state index < -0.39 is 5.97 Å². The zero-order valence-corrected chi connectivity index (χ0v) is 13.1. The summed E-state index contributed by atoms with van der Waals surface area (Å²) in [5, 5.41) is 18.7. The molecule has 1 aromatic carbocycles. The van der Waals surface area contributed by atoms with E-state index in [-0.39, 0.29) is 12.0 Å². The summed E-state index contributed by atoms with van der Waals surface area (Å²) in [6.45, 7) is 3.50. The van der Waals surface area contributed by atoms with Gasteiger partial charge in [-0.05, 0) is 43.5 Å². The number of carbonyl (C=O) groups is 1. The lowest BCUT2D eigenvalue weighted by Crippen LogP contribution is -2.45. The van der Waals surface area contributed by atoms with Gasteiger partial charge >= 0.3 is 5.97 Å². The molecule has 0 aromatic heterocycles.